The molecular weight excluding hydrogens is 238 g/mol. The molecule has 0 radical (unpaired) electrons. The zero-order chi connectivity index (χ0) is 13.5. The van der Waals surface area contributed by atoms with Gasteiger partial charge in [-0.1, -0.05) is 12.1 Å². The van der Waals surface area contributed by atoms with Gasteiger partial charge in [0.1, 0.15) is 5.60 Å². The minimum atomic E-state index is -0.115. The largest absolute Gasteiger partial charge is 0.489 e. The van der Waals surface area contributed by atoms with Gasteiger partial charge in [0.05, 0.1) is 6.61 Å². The Bertz CT molecular complexity index is 478. The fraction of sp³-hybridized carbons (Fsp3) is 0.625. The standard InChI is InChI=1S/C16H23NO2/c1-15(2)10-12-4-3-5-13(14(12)19-15)18-11-16(6-7-16)8-9-17/h3-5H,6-11,17H2,1-2H3. The van der Waals surface area contributed by atoms with E-state index < -0.39 is 0 Å². The van der Waals surface area contributed by atoms with E-state index in [1.807, 2.05) is 6.07 Å². The lowest BCUT2D eigenvalue weighted by molar-refractivity contribution is 0.129. The lowest BCUT2D eigenvalue weighted by Gasteiger charge is -2.19. The predicted octanol–water partition coefficient (Wildman–Crippen LogP) is 2.91. The summed E-state index contributed by atoms with van der Waals surface area (Å²) in [6, 6.07) is 6.20. The van der Waals surface area contributed by atoms with Gasteiger partial charge in [0.2, 0.25) is 0 Å². The van der Waals surface area contributed by atoms with E-state index >= 15 is 0 Å². The minimum Gasteiger partial charge on any atom is -0.489 e. The second-order valence-electron chi connectivity index (χ2n) is 6.61. The minimum absolute atomic E-state index is 0.115. The van der Waals surface area contributed by atoms with E-state index in [2.05, 4.69) is 26.0 Å². The van der Waals surface area contributed by atoms with Crippen LogP contribution in [0.1, 0.15) is 38.7 Å². The average molecular weight is 261 g/mol. The number of hydrogen-bond acceptors (Lipinski definition) is 3. The van der Waals surface area contributed by atoms with Crippen molar-refractivity contribution in [1.29, 1.82) is 0 Å². The van der Waals surface area contributed by atoms with Gasteiger partial charge in [0.25, 0.3) is 0 Å². The van der Waals surface area contributed by atoms with Crippen molar-refractivity contribution < 1.29 is 9.47 Å². The Morgan fingerprint density at radius 3 is 2.79 bits per heavy atom. The highest BCUT2D eigenvalue weighted by Gasteiger charge is 2.43. The molecule has 1 heterocycles. The van der Waals surface area contributed by atoms with Crippen LogP contribution in [-0.4, -0.2) is 18.8 Å². The summed E-state index contributed by atoms with van der Waals surface area (Å²) in [4.78, 5) is 0. The molecule has 3 heteroatoms. The van der Waals surface area contributed by atoms with E-state index in [1.165, 1.54) is 18.4 Å². The highest BCUT2D eigenvalue weighted by Crippen LogP contribution is 2.50. The lowest BCUT2D eigenvalue weighted by Crippen LogP contribution is -2.25. The third-order valence-corrected chi connectivity index (χ3v) is 4.22. The molecule has 0 atom stereocenters. The highest BCUT2D eigenvalue weighted by molar-refractivity contribution is 5.50. The van der Waals surface area contributed by atoms with Crippen molar-refractivity contribution in [2.75, 3.05) is 13.2 Å². The van der Waals surface area contributed by atoms with Crippen LogP contribution in [0, 0.1) is 5.41 Å². The highest BCUT2D eigenvalue weighted by atomic mass is 16.5. The first-order valence-corrected chi connectivity index (χ1v) is 7.17. The summed E-state index contributed by atoms with van der Waals surface area (Å²) in [6.45, 7) is 5.76. The van der Waals surface area contributed by atoms with E-state index in [4.69, 9.17) is 15.2 Å². The number of fused-ring (bicyclic) bond motifs is 1. The second-order valence-corrected chi connectivity index (χ2v) is 6.61. The predicted molar refractivity (Wildman–Crippen MR) is 75.7 cm³/mol. The van der Waals surface area contributed by atoms with Crippen molar-refractivity contribution >= 4 is 0 Å². The molecule has 104 valence electrons. The number of para-hydroxylation sites is 1. The number of benzene rings is 1. The average Bonchev–Trinajstić information content (AvgIpc) is 3.02. The van der Waals surface area contributed by atoms with Crippen LogP contribution in [0.2, 0.25) is 0 Å². The smallest absolute Gasteiger partial charge is 0.165 e. The quantitative estimate of drug-likeness (QED) is 0.886. The Morgan fingerprint density at radius 1 is 1.32 bits per heavy atom. The van der Waals surface area contributed by atoms with Gasteiger partial charge in [-0.2, -0.15) is 0 Å². The van der Waals surface area contributed by atoms with Gasteiger partial charge < -0.3 is 15.2 Å². The van der Waals surface area contributed by atoms with Crippen molar-refractivity contribution in [3.63, 3.8) is 0 Å². The summed E-state index contributed by atoms with van der Waals surface area (Å²) in [5.74, 6) is 1.84. The van der Waals surface area contributed by atoms with Crippen molar-refractivity contribution in [2.24, 2.45) is 11.1 Å². The van der Waals surface area contributed by atoms with E-state index in [9.17, 15) is 0 Å². The summed E-state index contributed by atoms with van der Waals surface area (Å²) in [5.41, 5.74) is 7.15. The van der Waals surface area contributed by atoms with E-state index in [0.29, 0.717) is 5.41 Å². The first-order chi connectivity index (χ1) is 9.04. The SMILES string of the molecule is CC1(C)Cc2cccc(OCC3(CCN)CC3)c2O1. The van der Waals surface area contributed by atoms with E-state index in [1.54, 1.807) is 0 Å². The molecule has 0 saturated heterocycles. The molecule has 0 amide bonds. The van der Waals surface area contributed by atoms with Crippen LogP contribution in [0.5, 0.6) is 11.5 Å². The maximum absolute atomic E-state index is 6.04. The normalized spacial score (nSPS) is 21.6. The first-order valence-electron chi connectivity index (χ1n) is 7.17. The zero-order valence-electron chi connectivity index (χ0n) is 11.9. The maximum atomic E-state index is 6.04. The summed E-state index contributed by atoms with van der Waals surface area (Å²) < 4.78 is 12.1. The third-order valence-electron chi connectivity index (χ3n) is 4.22. The van der Waals surface area contributed by atoms with Crippen molar-refractivity contribution in [1.82, 2.24) is 0 Å². The summed E-state index contributed by atoms with van der Waals surface area (Å²) in [5, 5.41) is 0. The van der Waals surface area contributed by atoms with Crippen molar-refractivity contribution in [2.45, 2.75) is 45.1 Å². The van der Waals surface area contributed by atoms with Crippen LogP contribution in [0.15, 0.2) is 18.2 Å². The monoisotopic (exact) mass is 261 g/mol. The Morgan fingerprint density at radius 2 is 2.11 bits per heavy atom. The third kappa shape index (κ3) is 2.57. The molecule has 0 unspecified atom stereocenters. The molecule has 19 heavy (non-hydrogen) atoms. The molecule has 1 aliphatic carbocycles. The number of rotatable bonds is 5. The molecule has 1 aliphatic heterocycles. The molecule has 2 aliphatic rings. The van der Waals surface area contributed by atoms with Gasteiger partial charge in [-0.25, -0.2) is 0 Å². The van der Waals surface area contributed by atoms with E-state index in [0.717, 1.165) is 37.5 Å². The van der Waals surface area contributed by atoms with Gasteiger partial charge in [0.15, 0.2) is 11.5 Å². The summed E-state index contributed by atoms with van der Waals surface area (Å²) in [6.07, 6.45) is 4.50. The second kappa shape index (κ2) is 4.41. The fourth-order valence-electron chi connectivity index (χ4n) is 2.88. The van der Waals surface area contributed by atoms with Gasteiger partial charge in [-0.3, -0.25) is 0 Å². The lowest BCUT2D eigenvalue weighted by atomic mass is 10.0. The fourth-order valence-corrected chi connectivity index (χ4v) is 2.88. The molecule has 1 aromatic carbocycles. The Kier molecular flexibility index (Phi) is 2.97. The Hall–Kier alpha value is -1.22. The molecule has 0 spiro atoms. The van der Waals surface area contributed by atoms with Crippen LogP contribution < -0.4 is 15.2 Å². The first kappa shape index (κ1) is 12.8. The molecule has 0 bridgehead atoms. The Balaban J connectivity index is 1.72. The van der Waals surface area contributed by atoms with E-state index in [-0.39, 0.29) is 5.60 Å². The molecule has 3 rings (SSSR count). The van der Waals surface area contributed by atoms with Crippen LogP contribution >= 0.6 is 0 Å². The molecule has 2 N–H and O–H groups in total. The number of nitrogens with two attached hydrogens (primary N) is 1. The zero-order valence-corrected chi connectivity index (χ0v) is 11.9. The molecule has 0 aromatic heterocycles. The Labute approximate surface area is 115 Å². The molecule has 1 fully saturated rings. The van der Waals surface area contributed by atoms with Crippen LogP contribution in [0.4, 0.5) is 0 Å². The van der Waals surface area contributed by atoms with Crippen LogP contribution in [0.3, 0.4) is 0 Å². The van der Waals surface area contributed by atoms with Crippen LogP contribution in [0.25, 0.3) is 0 Å². The van der Waals surface area contributed by atoms with Gasteiger partial charge >= 0.3 is 0 Å². The summed E-state index contributed by atoms with van der Waals surface area (Å²) >= 11 is 0. The summed E-state index contributed by atoms with van der Waals surface area (Å²) in [7, 11) is 0. The van der Waals surface area contributed by atoms with Crippen molar-refractivity contribution in [3.05, 3.63) is 23.8 Å². The van der Waals surface area contributed by atoms with Crippen LogP contribution in [-0.2, 0) is 6.42 Å². The molecular formula is C16H23NO2. The topological polar surface area (TPSA) is 44.5 Å². The maximum Gasteiger partial charge on any atom is 0.165 e. The van der Waals surface area contributed by atoms with Gasteiger partial charge in [-0.15, -0.1) is 0 Å². The number of ether oxygens (including phenoxy) is 2. The molecule has 1 saturated carbocycles. The van der Waals surface area contributed by atoms with Gasteiger partial charge in [-0.05, 0) is 45.7 Å². The molecule has 3 nitrogen and oxygen atoms in total. The van der Waals surface area contributed by atoms with Gasteiger partial charge in [0, 0.05) is 17.4 Å². The van der Waals surface area contributed by atoms with Crippen molar-refractivity contribution in [3.8, 4) is 11.5 Å². The number of hydrogen-bond donors (Lipinski definition) is 1. The molecule has 1 aromatic rings.